The Bertz CT molecular complexity index is 8070. The molecule has 6 aliphatic rings. The van der Waals surface area contributed by atoms with E-state index in [0.29, 0.717) is 45.7 Å². The van der Waals surface area contributed by atoms with Gasteiger partial charge in [-0.25, -0.2) is 17.6 Å². The predicted molar refractivity (Wildman–Crippen MR) is 476 cm³/mol. The molecule has 17 aromatic carbocycles. The fourth-order valence-electron chi connectivity index (χ4n) is 23.0. The Morgan fingerprint density at radius 3 is 0.864 bits per heavy atom. The second kappa shape index (κ2) is 21.6. The average Bonchev–Trinajstić information content (AvgIpc) is 1.41. The number of hydrogen-bond acceptors (Lipinski definition) is 6. The smallest absolute Gasteiger partial charge is 0.260 e. The summed E-state index contributed by atoms with van der Waals surface area (Å²) in [5, 5.41) is 11.4. The van der Waals surface area contributed by atoms with E-state index >= 15 is 17.6 Å². The van der Waals surface area contributed by atoms with Crippen LogP contribution in [0.5, 0.6) is 23.0 Å². The van der Waals surface area contributed by atoms with Crippen molar-refractivity contribution in [3.63, 3.8) is 0 Å². The maximum Gasteiger partial charge on any atom is 0.260 e. The van der Waals surface area contributed by atoms with Gasteiger partial charge in [0, 0.05) is 106 Å². The highest BCUT2D eigenvalue weighted by Gasteiger charge is 2.54. The van der Waals surface area contributed by atoms with Crippen molar-refractivity contribution in [1.29, 1.82) is 0 Å². The van der Waals surface area contributed by atoms with E-state index in [2.05, 4.69) is 290 Å². The lowest BCUT2D eigenvalue weighted by atomic mass is 9.29. The molecular formula is C102H52B3F4N7O2. The summed E-state index contributed by atoms with van der Waals surface area (Å²) in [6.07, 6.45) is 0. The van der Waals surface area contributed by atoms with Crippen LogP contribution in [0.25, 0.3) is 114 Å². The van der Waals surface area contributed by atoms with Crippen LogP contribution in [0, 0.1) is 23.3 Å². The fraction of sp³-hybridized carbons (Fsp3) is 0. The molecule has 118 heavy (non-hydrogen) atoms. The van der Waals surface area contributed by atoms with Gasteiger partial charge < -0.3 is 42.3 Å². The van der Waals surface area contributed by atoms with Gasteiger partial charge in [-0.1, -0.05) is 206 Å². The molecule has 23 aromatic rings. The Hall–Kier alpha value is -15.1. The first kappa shape index (κ1) is 62.3. The van der Waals surface area contributed by atoms with E-state index in [9.17, 15) is 0 Å². The number of fused-ring (bicyclic) bond motifs is 36. The maximum atomic E-state index is 18.4. The van der Waals surface area contributed by atoms with Gasteiger partial charge in [0.2, 0.25) is 0 Å². The molecule has 6 aliphatic heterocycles. The lowest BCUT2D eigenvalue weighted by Crippen LogP contribution is -2.65. The van der Waals surface area contributed by atoms with E-state index < -0.39 is 43.4 Å². The summed E-state index contributed by atoms with van der Waals surface area (Å²) in [6.45, 7) is -1.91. The van der Waals surface area contributed by atoms with Crippen molar-refractivity contribution in [3.8, 4) is 23.0 Å². The molecule has 0 amide bonds. The van der Waals surface area contributed by atoms with Crippen LogP contribution in [0.2, 0.25) is 0 Å². The number of hydrogen-bond donors (Lipinski definition) is 0. The third-order valence-electron chi connectivity index (χ3n) is 27.0. The molecule has 0 N–H and O–H groups in total. The molecule has 29 rings (SSSR count). The molecule has 0 radical (unpaired) electrons. The third kappa shape index (κ3) is 7.23. The number of para-hydroxylation sites is 12. The predicted octanol–water partition coefficient (Wildman–Crippen LogP) is 20.6. The molecule has 0 aliphatic carbocycles. The Balaban J connectivity index is 0.792. The molecule has 0 atom stereocenters. The third-order valence-corrected chi connectivity index (χ3v) is 27.0. The summed E-state index contributed by atoms with van der Waals surface area (Å²) in [6, 6.07) is 106. The minimum absolute atomic E-state index is 0.227. The minimum Gasteiger partial charge on any atom is -0.457 e. The molecule has 12 heterocycles. The minimum atomic E-state index is -0.736. The highest BCUT2D eigenvalue weighted by atomic mass is 19.1. The van der Waals surface area contributed by atoms with Crippen molar-refractivity contribution < 1.29 is 27.0 Å². The van der Waals surface area contributed by atoms with Crippen molar-refractivity contribution in [2.24, 2.45) is 0 Å². The van der Waals surface area contributed by atoms with Gasteiger partial charge in [-0.05, 0) is 141 Å². The van der Waals surface area contributed by atoms with Crippen molar-refractivity contribution in [2.45, 2.75) is 0 Å². The lowest BCUT2D eigenvalue weighted by Gasteiger charge is -2.46. The molecule has 0 saturated heterocycles. The zero-order valence-corrected chi connectivity index (χ0v) is 62.2. The maximum absolute atomic E-state index is 18.4. The van der Waals surface area contributed by atoms with E-state index in [0.717, 1.165) is 198 Å². The number of nitrogens with zero attached hydrogens (tertiary/aromatic N) is 7. The van der Waals surface area contributed by atoms with Crippen LogP contribution in [0.3, 0.4) is 0 Å². The zero-order chi connectivity index (χ0) is 76.8. The quantitative estimate of drug-likeness (QED) is 0.129. The Morgan fingerprint density at radius 2 is 0.508 bits per heavy atom. The van der Waals surface area contributed by atoms with Crippen molar-refractivity contribution in [2.75, 3.05) is 19.6 Å². The standard InChI is InChI=1S/C102H52B3F4N7O2/c106-67-37-23-38-68(107)92(67)115-79-51-81-65(49-63(79)103-61-35-13-21-47-77(61)110(53-25-3-1-4-26-53)97-83-55-29-7-15-41-71(55)112-73-43-17-9-31-57(73)85(94(83)112)99(115)89(97)103)105-66-50-64-80(52-82(66)118-102-88-60-34-12-20-46-76(60)114-75-45-19-11-33-59(75)87(96(88)114)101(117-81)91(102)105)116(93-69(108)39-24-40-70(93)109)100-86-58-32-10-18-44-74(58)113-72-42-16-8-30-56(72)84(95(86)113)98-90(100)104(64)62-36-14-22-48-78(62)111(98)54-27-5-2-6-28-54/h1-52H. The SMILES string of the molecule is Fc1cccc(F)c1N1c2cc3c(cc2B2c4ccccc4N(c4ccccc4)c4c2c1c1c2ccccc2n2c5ccccc5c4c12)B1c2cc4c(cc2Oc2c1c(c1c5ccccc5n5c6ccccc6c2c15)O3)N(c1c(F)cccc1F)c1c2c(c3c5ccccc5n5c6ccccc6c1c35)N(c1ccccc1)c1ccccc1B42. The van der Waals surface area contributed by atoms with E-state index in [1.165, 1.54) is 36.4 Å². The number of ether oxygens (including phenoxy) is 2. The summed E-state index contributed by atoms with van der Waals surface area (Å²) < 4.78 is 96.9. The first-order chi connectivity index (χ1) is 58.3. The van der Waals surface area contributed by atoms with Crippen molar-refractivity contribution >= 4 is 252 Å². The van der Waals surface area contributed by atoms with E-state index in [1.54, 1.807) is 0 Å². The molecule has 544 valence electrons. The first-order valence-corrected chi connectivity index (χ1v) is 40.1. The van der Waals surface area contributed by atoms with Crippen LogP contribution in [-0.4, -0.2) is 33.3 Å². The Kier molecular flexibility index (Phi) is 11.4. The molecule has 0 fully saturated rings. The van der Waals surface area contributed by atoms with Gasteiger partial charge in [-0.2, -0.15) is 0 Å². The summed E-state index contributed by atoms with van der Waals surface area (Å²) >= 11 is 0. The van der Waals surface area contributed by atoms with Crippen LogP contribution in [0.4, 0.5) is 85.8 Å². The second-order valence-electron chi connectivity index (χ2n) is 32.4. The van der Waals surface area contributed by atoms with E-state index in [-0.39, 0.29) is 11.4 Å². The van der Waals surface area contributed by atoms with Gasteiger partial charge in [-0.15, -0.1) is 0 Å². The van der Waals surface area contributed by atoms with Crippen LogP contribution >= 0.6 is 0 Å². The zero-order valence-electron chi connectivity index (χ0n) is 62.2. The Morgan fingerprint density at radius 1 is 0.220 bits per heavy atom. The summed E-state index contributed by atoms with van der Waals surface area (Å²) in [5.41, 5.74) is 23.9. The molecular weight excluding hydrogens is 1460 g/mol. The fourth-order valence-corrected chi connectivity index (χ4v) is 23.0. The topological polar surface area (TPSA) is 44.7 Å². The van der Waals surface area contributed by atoms with Gasteiger partial charge in [0.1, 0.15) is 57.6 Å². The highest BCUT2D eigenvalue weighted by Crippen LogP contribution is 2.60. The molecule has 0 saturated carbocycles. The largest absolute Gasteiger partial charge is 0.457 e. The van der Waals surface area contributed by atoms with Crippen molar-refractivity contribution in [1.82, 2.24) is 13.2 Å². The van der Waals surface area contributed by atoms with E-state index in [1.807, 2.05) is 21.9 Å². The number of aromatic nitrogens is 3. The number of halogens is 4. The number of benzene rings is 17. The molecule has 0 spiro atoms. The normalized spacial score (nSPS) is 14.1. The lowest BCUT2D eigenvalue weighted by molar-refractivity contribution is 0.472. The van der Waals surface area contributed by atoms with Crippen molar-refractivity contribution in [3.05, 3.63) is 339 Å². The molecule has 6 aromatic heterocycles. The van der Waals surface area contributed by atoms with Gasteiger partial charge >= 0.3 is 0 Å². The average molecular weight is 1520 g/mol. The first-order valence-electron chi connectivity index (χ1n) is 40.1. The van der Waals surface area contributed by atoms with Gasteiger partial charge in [-0.3, -0.25) is 0 Å². The van der Waals surface area contributed by atoms with Crippen LogP contribution < -0.4 is 78.2 Å². The van der Waals surface area contributed by atoms with Crippen LogP contribution in [0.1, 0.15) is 0 Å². The number of anilines is 12. The summed E-state index contributed by atoms with van der Waals surface area (Å²) in [4.78, 5) is 8.55. The summed E-state index contributed by atoms with van der Waals surface area (Å²) in [5.74, 6) is -0.812. The van der Waals surface area contributed by atoms with Crippen LogP contribution in [-0.2, 0) is 0 Å². The summed E-state index contributed by atoms with van der Waals surface area (Å²) in [7, 11) is 0. The Labute approximate surface area is 669 Å². The second-order valence-corrected chi connectivity index (χ2v) is 32.4. The molecule has 0 bridgehead atoms. The van der Waals surface area contributed by atoms with Gasteiger partial charge in [0.15, 0.2) is 0 Å². The molecule has 0 unspecified atom stereocenters. The van der Waals surface area contributed by atoms with Gasteiger partial charge in [0.05, 0.1) is 83.2 Å². The monoisotopic (exact) mass is 1520 g/mol. The van der Waals surface area contributed by atoms with Crippen LogP contribution in [0.15, 0.2) is 315 Å². The molecule has 16 heteroatoms. The van der Waals surface area contributed by atoms with Gasteiger partial charge in [0.25, 0.3) is 20.1 Å². The number of rotatable bonds is 4. The highest BCUT2D eigenvalue weighted by molar-refractivity contribution is 7.04. The van der Waals surface area contributed by atoms with E-state index in [4.69, 9.17) is 9.47 Å². The molecule has 9 nitrogen and oxygen atoms in total.